The summed E-state index contributed by atoms with van der Waals surface area (Å²) in [6, 6.07) is 14.5. The Labute approximate surface area is 173 Å². The summed E-state index contributed by atoms with van der Waals surface area (Å²) in [4.78, 5) is 26.4. The molecule has 0 radical (unpaired) electrons. The molecule has 29 heavy (non-hydrogen) atoms. The molecule has 0 aliphatic heterocycles. The van der Waals surface area contributed by atoms with Crippen LogP contribution in [0.3, 0.4) is 0 Å². The molecule has 0 unspecified atom stereocenters. The number of anilines is 1. The first-order valence-electron chi connectivity index (χ1n) is 7.94. The van der Waals surface area contributed by atoms with E-state index in [2.05, 4.69) is 4.98 Å². The molecule has 1 aromatic heterocycles. The normalized spacial score (nSPS) is 10.2. The molecule has 0 saturated carbocycles. The first-order chi connectivity index (χ1) is 13.8. The van der Waals surface area contributed by atoms with Gasteiger partial charge in [0.25, 0.3) is 11.2 Å². The number of nitro groups is 1. The van der Waals surface area contributed by atoms with Gasteiger partial charge in [-0.05, 0) is 30.3 Å². The molecule has 1 heterocycles. The number of halogens is 1. The summed E-state index contributed by atoms with van der Waals surface area (Å²) in [5.41, 5.74) is 4.37. The lowest BCUT2D eigenvalue weighted by Crippen LogP contribution is -2.16. The quantitative estimate of drug-likeness (QED) is 0.474. The van der Waals surface area contributed by atoms with Crippen LogP contribution in [0.1, 0.15) is 11.1 Å². The number of H-pyrrole nitrogens is 1. The molecule has 0 fully saturated rings. The molecule has 3 aromatic rings. The van der Waals surface area contributed by atoms with Gasteiger partial charge in [-0.15, -0.1) is 0 Å². The largest absolute Gasteiger partial charge is 0.384 e. The molecule has 0 saturated heterocycles. The van der Waals surface area contributed by atoms with Gasteiger partial charge in [0.15, 0.2) is 0 Å². The molecule has 0 spiro atoms. The maximum atomic E-state index is 12.2. The van der Waals surface area contributed by atoms with Crippen molar-refractivity contribution >= 4 is 34.9 Å². The Hall–Kier alpha value is -3.79. The minimum absolute atomic E-state index is 0.0450. The van der Waals surface area contributed by atoms with Crippen LogP contribution in [0, 0.1) is 32.8 Å². The third-order valence-electron chi connectivity index (χ3n) is 3.95. The van der Waals surface area contributed by atoms with E-state index in [-0.39, 0.29) is 33.8 Å². The van der Waals surface area contributed by atoms with E-state index in [1.807, 2.05) is 6.07 Å². The lowest BCUT2D eigenvalue weighted by Gasteiger charge is -2.13. The number of hydrogen-bond donors (Lipinski definition) is 2. The Balaban J connectivity index is 2.34. The third-order valence-corrected chi connectivity index (χ3v) is 5.29. The minimum atomic E-state index is -0.784. The van der Waals surface area contributed by atoms with Gasteiger partial charge >= 0.3 is 0 Å². The number of benzene rings is 2. The number of nitrogens with one attached hydrogen (secondary N) is 1. The van der Waals surface area contributed by atoms with Crippen molar-refractivity contribution in [1.82, 2.24) is 4.98 Å². The fourth-order valence-electron chi connectivity index (χ4n) is 2.66. The minimum Gasteiger partial charge on any atom is -0.384 e. The first kappa shape index (κ1) is 20.0. The van der Waals surface area contributed by atoms with E-state index >= 15 is 0 Å². The highest BCUT2D eigenvalue weighted by molar-refractivity contribution is 7.99. The summed E-state index contributed by atoms with van der Waals surface area (Å²) in [7, 11) is 0. The molecule has 8 nitrogen and oxygen atoms in total. The number of nitrogens with zero attached hydrogens (tertiary/aromatic N) is 3. The van der Waals surface area contributed by atoms with Crippen LogP contribution in [0.25, 0.3) is 11.1 Å². The standard InChI is InChI=1S/C19H10ClN5O3S/c20-10-1-4-12(5-2-10)29-16-6-3-11(25(27)28)7-13(16)17-14(8-21)18(23)24-19(26)15(17)9-22/h1-7H,(H3,23,24,26). The molecule has 3 rings (SSSR count). The number of hydrogen-bond acceptors (Lipinski definition) is 7. The van der Waals surface area contributed by atoms with Crippen LogP contribution in [-0.2, 0) is 0 Å². The highest BCUT2D eigenvalue weighted by Gasteiger charge is 2.23. The number of rotatable bonds is 4. The second kappa shape index (κ2) is 8.07. The zero-order valence-electron chi connectivity index (χ0n) is 14.5. The lowest BCUT2D eigenvalue weighted by molar-refractivity contribution is -0.384. The number of aromatic nitrogens is 1. The number of nitro benzene ring substituents is 1. The molecular formula is C19H10ClN5O3S. The van der Waals surface area contributed by atoms with Crippen molar-refractivity contribution in [3.63, 3.8) is 0 Å². The van der Waals surface area contributed by atoms with Crippen molar-refractivity contribution in [2.24, 2.45) is 0 Å². The zero-order chi connectivity index (χ0) is 21.1. The van der Waals surface area contributed by atoms with Crippen LogP contribution < -0.4 is 11.3 Å². The van der Waals surface area contributed by atoms with Crippen LogP contribution >= 0.6 is 23.4 Å². The summed E-state index contributed by atoms with van der Waals surface area (Å²) in [5.74, 6) is -0.222. The second-order valence-electron chi connectivity index (χ2n) is 5.71. The molecule has 142 valence electrons. The van der Waals surface area contributed by atoms with Crippen molar-refractivity contribution in [1.29, 1.82) is 10.5 Å². The topological polar surface area (TPSA) is 150 Å². The summed E-state index contributed by atoms with van der Waals surface area (Å²) in [6.07, 6.45) is 0. The van der Waals surface area contributed by atoms with Gasteiger partial charge in [-0.3, -0.25) is 14.9 Å². The van der Waals surface area contributed by atoms with Crippen molar-refractivity contribution in [3.05, 3.63) is 79.1 Å². The number of pyridine rings is 1. The van der Waals surface area contributed by atoms with Crippen molar-refractivity contribution in [2.75, 3.05) is 5.73 Å². The van der Waals surface area contributed by atoms with E-state index in [4.69, 9.17) is 17.3 Å². The molecule has 0 aliphatic rings. The summed E-state index contributed by atoms with van der Waals surface area (Å²) in [6.45, 7) is 0. The van der Waals surface area contributed by atoms with E-state index in [0.717, 1.165) is 4.90 Å². The molecule has 0 bridgehead atoms. The first-order valence-corrected chi connectivity index (χ1v) is 9.13. The summed E-state index contributed by atoms with van der Waals surface area (Å²) >= 11 is 7.14. The fourth-order valence-corrected chi connectivity index (χ4v) is 3.72. The van der Waals surface area contributed by atoms with E-state index in [0.29, 0.717) is 9.92 Å². The van der Waals surface area contributed by atoms with Crippen LogP contribution in [0.5, 0.6) is 0 Å². The lowest BCUT2D eigenvalue weighted by atomic mass is 9.96. The number of non-ortho nitro benzene ring substituents is 1. The molecule has 10 heteroatoms. The van der Waals surface area contributed by atoms with E-state index < -0.39 is 10.5 Å². The Bertz CT molecular complexity index is 1270. The summed E-state index contributed by atoms with van der Waals surface area (Å²) < 4.78 is 0. The highest BCUT2D eigenvalue weighted by atomic mass is 35.5. The van der Waals surface area contributed by atoms with E-state index in [1.165, 1.54) is 30.0 Å². The predicted octanol–water partition coefficient (Wildman–Crippen LogP) is 4.08. The fraction of sp³-hybridized carbons (Fsp3) is 0. The number of nitriles is 2. The van der Waals surface area contributed by atoms with Gasteiger partial charge in [0.05, 0.1) is 4.92 Å². The Morgan fingerprint density at radius 3 is 2.34 bits per heavy atom. The van der Waals surface area contributed by atoms with Gasteiger partial charge in [0.2, 0.25) is 0 Å². The molecule has 2 aromatic carbocycles. The van der Waals surface area contributed by atoms with Crippen molar-refractivity contribution in [2.45, 2.75) is 9.79 Å². The smallest absolute Gasteiger partial charge is 0.270 e. The van der Waals surface area contributed by atoms with Crippen LogP contribution in [0.15, 0.2) is 57.1 Å². The predicted molar refractivity (Wildman–Crippen MR) is 109 cm³/mol. The maximum absolute atomic E-state index is 12.2. The van der Waals surface area contributed by atoms with Crippen molar-refractivity contribution in [3.8, 4) is 23.3 Å². The van der Waals surface area contributed by atoms with Gasteiger partial charge in [-0.1, -0.05) is 23.4 Å². The Kier molecular flexibility index (Phi) is 5.55. The number of nitrogens with two attached hydrogens (primary N) is 1. The maximum Gasteiger partial charge on any atom is 0.270 e. The van der Waals surface area contributed by atoms with E-state index in [1.54, 1.807) is 30.3 Å². The second-order valence-corrected chi connectivity index (χ2v) is 7.26. The average molecular weight is 424 g/mol. The van der Waals surface area contributed by atoms with Gasteiger partial charge < -0.3 is 10.7 Å². The Morgan fingerprint density at radius 2 is 1.76 bits per heavy atom. The molecule has 0 atom stereocenters. The molecule has 0 amide bonds. The van der Waals surface area contributed by atoms with Crippen LogP contribution in [0.4, 0.5) is 11.5 Å². The molecule has 3 N–H and O–H groups in total. The van der Waals surface area contributed by atoms with Gasteiger partial charge in [0, 0.05) is 38.1 Å². The van der Waals surface area contributed by atoms with Crippen molar-refractivity contribution < 1.29 is 4.92 Å². The van der Waals surface area contributed by atoms with Gasteiger partial charge in [0.1, 0.15) is 29.1 Å². The van der Waals surface area contributed by atoms with Gasteiger partial charge in [-0.25, -0.2) is 0 Å². The zero-order valence-corrected chi connectivity index (χ0v) is 16.0. The average Bonchev–Trinajstić information content (AvgIpc) is 2.69. The summed E-state index contributed by atoms with van der Waals surface area (Å²) in [5, 5.41) is 30.9. The van der Waals surface area contributed by atoms with Crippen LogP contribution in [-0.4, -0.2) is 9.91 Å². The highest BCUT2D eigenvalue weighted by Crippen LogP contribution is 2.40. The SMILES string of the molecule is N#Cc1c(N)[nH]c(=O)c(C#N)c1-c1cc([N+](=O)[O-])ccc1Sc1ccc(Cl)cc1. The molecule has 0 aliphatic carbocycles. The number of nitrogen functional groups attached to an aromatic ring is 1. The van der Waals surface area contributed by atoms with E-state index in [9.17, 15) is 25.4 Å². The monoisotopic (exact) mass is 423 g/mol. The Morgan fingerprint density at radius 1 is 1.10 bits per heavy atom. The molecular weight excluding hydrogens is 414 g/mol. The number of aromatic amines is 1. The third kappa shape index (κ3) is 3.92. The van der Waals surface area contributed by atoms with Crippen LogP contribution in [0.2, 0.25) is 5.02 Å². The van der Waals surface area contributed by atoms with Gasteiger partial charge in [-0.2, -0.15) is 10.5 Å².